The molecule has 0 radical (unpaired) electrons. The van der Waals surface area contributed by atoms with Crippen LogP contribution in [0.1, 0.15) is 31.9 Å². The number of thioether (sulfide) groups is 1. The highest BCUT2D eigenvalue weighted by molar-refractivity contribution is 9.10. The molecule has 4 heteroatoms. The fraction of sp³-hybridized carbons (Fsp3) is 0.571. The summed E-state index contributed by atoms with van der Waals surface area (Å²) in [6.45, 7) is 4.02. The fourth-order valence-electron chi connectivity index (χ4n) is 2.07. The van der Waals surface area contributed by atoms with Crippen molar-refractivity contribution in [2.75, 3.05) is 24.0 Å². The number of rotatable bonds is 6. The molecule has 0 aliphatic heterocycles. The van der Waals surface area contributed by atoms with Gasteiger partial charge in [-0.2, -0.15) is 11.8 Å². The average Bonchev–Trinajstić information content (AvgIpc) is 2.35. The Morgan fingerprint density at radius 2 is 2.11 bits per heavy atom. The third-order valence-corrected chi connectivity index (χ3v) is 4.41. The van der Waals surface area contributed by atoms with Crippen LogP contribution in [-0.4, -0.2) is 30.2 Å². The molecule has 1 N–H and O–H groups in total. The van der Waals surface area contributed by atoms with E-state index < -0.39 is 6.10 Å². The van der Waals surface area contributed by atoms with E-state index in [1.165, 1.54) is 0 Å². The van der Waals surface area contributed by atoms with Gasteiger partial charge >= 0.3 is 0 Å². The highest BCUT2D eigenvalue weighted by Crippen LogP contribution is 2.30. The summed E-state index contributed by atoms with van der Waals surface area (Å²) in [5, 5.41) is 9.91. The van der Waals surface area contributed by atoms with Gasteiger partial charge in [-0.25, -0.2) is 0 Å². The Hall–Kier alpha value is -0.190. The zero-order chi connectivity index (χ0) is 13.7. The monoisotopic (exact) mass is 331 g/mol. The summed E-state index contributed by atoms with van der Waals surface area (Å²) < 4.78 is 1.01. The second-order valence-corrected chi connectivity index (χ2v) is 6.33. The second-order valence-electron chi connectivity index (χ2n) is 4.51. The fourth-order valence-corrected chi connectivity index (χ4v) is 3.30. The minimum Gasteiger partial charge on any atom is -0.389 e. The normalized spacial score (nSPS) is 14.3. The van der Waals surface area contributed by atoms with E-state index in [-0.39, 0.29) is 0 Å². The standard InChI is InChI=1S/C14H22BrNOS/c1-5-12(9-18-4)16(3)14-7-6-11(15)8-13(14)10(2)17/h6-8,10,12,17H,5,9H2,1-4H3. The molecule has 0 spiro atoms. The van der Waals surface area contributed by atoms with E-state index >= 15 is 0 Å². The topological polar surface area (TPSA) is 23.5 Å². The Balaban J connectivity index is 3.07. The number of aliphatic hydroxyl groups excluding tert-OH is 1. The Bertz CT molecular complexity index is 384. The zero-order valence-electron chi connectivity index (χ0n) is 11.5. The molecule has 1 aromatic rings. The summed E-state index contributed by atoms with van der Waals surface area (Å²) in [4.78, 5) is 2.28. The van der Waals surface area contributed by atoms with Crippen molar-refractivity contribution in [3.05, 3.63) is 28.2 Å². The van der Waals surface area contributed by atoms with Crippen LogP contribution >= 0.6 is 27.7 Å². The maximum Gasteiger partial charge on any atom is 0.0782 e. The Morgan fingerprint density at radius 3 is 2.61 bits per heavy atom. The number of hydrogen-bond acceptors (Lipinski definition) is 3. The van der Waals surface area contributed by atoms with Crippen molar-refractivity contribution in [2.45, 2.75) is 32.4 Å². The van der Waals surface area contributed by atoms with Crippen LogP contribution in [0.25, 0.3) is 0 Å². The van der Waals surface area contributed by atoms with Crippen molar-refractivity contribution in [3.8, 4) is 0 Å². The van der Waals surface area contributed by atoms with Crippen LogP contribution in [-0.2, 0) is 0 Å². The SMILES string of the molecule is CCC(CSC)N(C)c1ccc(Br)cc1C(C)O. The number of aliphatic hydroxyl groups is 1. The lowest BCUT2D eigenvalue weighted by Gasteiger charge is -2.31. The van der Waals surface area contributed by atoms with Crippen molar-refractivity contribution in [1.29, 1.82) is 0 Å². The van der Waals surface area contributed by atoms with Gasteiger partial charge in [-0.3, -0.25) is 0 Å². The first kappa shape index (κ1) is 15.9. The molecule has 0 aliphatic carbocycles. The highest BCUT2D eigenvalue weighted by Gasteiger charge is 2.17. The summed E-state index contributed by atoms with van der Waals surface area (Å²) in [5.41, 5.74) is 2.10. The number of anilines is 1. The third kappa shape index (κ3) is 3.90. The number of nitrogens with zero attached hydrogens (tertiary/aromatic N) is 1. The van der Waals surface area contributed by atoms with Crippen LogP contribution in [0.3, 0.4) is 0 Å². The Kier molecular flexibility index (Phi) is 6.53. The molecule has 102 valence electrons. The summed E-state index contributed by atoms with van der Waals surface area (Å²) in [6.07, 6.45) is 2.78. The van der Waals surface area contributed by atoms with Crippen LogP contribution < -0.4 is 4.90 Å². The van der Waals surface area contributed by atoms with E-state index in [2.05, 4.69) is 47.1 Å². The van der Waals surface area contributed by atoms with Crippen molar-refractivity contribution in [2.24, 2.45) is 0 Å². The lowest BCUT2D eigenvalue weighted by molar-refractivity contribution is 0.199. The van der Waals surface area contributed by atoms with Crippen LogP contribution in [0.5, 0.6) is 0 Å². The molecule has 1 aromatic carbocycles. The predicted molar refractivity (Wildman–Crippen MR) is 85.6 cm³/mol. The van der Waals surface area contributed by atoms with E-state index in [1.54, 1.807) is 0 Å². The molecule has 2 atom stereocenters. The van der Waals surface area contributed by atoms with E-state index in [9.17, 15) is 5.11 Å². The first-order valence-corrected chi connectivity index (χ1v) is 8.39. The van der Waals surface area contributed by atoms with Gasteiger partial charge in [0, 0.05) is 34.6 Å². The molecule has 1 rings (SSSR count). The number of halogens is 1. The molecule has 2 unspecified atom stereocenters. The molecule has 0 fully saturated rings. The second kappa shape index (κ2) is 7.41. The van der Waals surface area contributed by atoms with Crippen molar-refractivity contribution in [1.82, 2.24) is 0 Å². The van der Waals surface area contributed by atoms with Gasteiger partial charge in [-0.05, 0) is 37.8 Å². The van der Waals surface area contributed by atoms with Crippen LogP contribution in [0.2, 0.25) is 0 Å². The summed E-state index contributed by atoms with van der Waals surface area (Å²) in [6, 6.07) is 6.61. The molecule has 0 amide bonds. The van der Waals surface area contributed by atoms with Gasteiger partial charge < -0.3 is 10.0 Å². The summed E-state index contributed by atoms with van der Waals surface area (Å²) in [5.74, 6) is 1.10. The highest BCUT2D eigenvalue weighted by atomic mass is 79.9. The van der Waals surface area contributed by atoms with Gasteiger partial charge in [0.25, 0.3) is 0 Å². The minimum atomic E-state index is -0.452. The van der Waals surface area contributed by atoms with Gasteiger partial charge in [0.05, 0.1) is 6.10 Å². The van der Waals surface area contributed by atoms with Gasteiger partial charge in [-0.1, -0.05) is 22.9 Å². The Labute approximate surface area is 123 Å². The van der Waals surface area contributed by atoms with Gasteiger partial charge in [0.1, 0.15) is 0 Å². The molecule has 0 aliphatic rings. The lowest BCUT2D eigenvalue weighted by Crippen LogP contribution is -2.34. The quantitative estimate of drug-likeness (QED) is 0.849. The van der Waals surface area contributed by atoms with Crippen LogP contribution in [0, 0.1) is 0 Å². The van der Waals surface area contributed by atoms with Crippen molar-refractivity contribution >= 4 is 33.4 Å². The van der Waals surface area contributed by atoms with Gasteiger partial charge in [-0.15, -0.1) is 0 Å². The zero-order valence-corrected chi connectivity index (χ0v) is 13.9. The third-order valence-electron chi connectivity index (χ3n) is 3.20. The molecule has 18 heavy (non-hydrogen) atoms. The van der Waals surface area contributed by atoms with Gasteiger partial charge in [0.15, 0.2) is 0 Å². The van der Waals surface area contributed by atoms with Crippen molar-refractivity contribution in [3.63, 3.8) is 0 Å². The summed E-state index contributed by atoms with van der Waals surface area (Å²) >= 11 is 5.33. The first-order chi connectivity index (χ1) is 8.51. The predicted octanol–water partition coefficient (Wildman–Crippen LogP) is 4.08. The molecule has 0 saturated heterocycles. The largest absolute Gasteiger partial charge is 0.389 e. The maximum absolute atomic E-state index is 9.91. The molecule has 0 heterocycles. The lowest BCUT2D eigenvalue weighted by atomic mass is 10.1. The molecule has 0 aromatic heterocycles. The number of benzene rings is 1. The Morgan fingerprint density at radius 1 is 1.44 bits per heavy atom. The molecular weight excluding hydrogens is 310 g/mol. The van der Waals surface area contributed by atoms with E-state index in [0.717, 1.165) is 27.9 Å². The molecule has 0 saturated carbocycles. The molecular formula is C14H22BrNOS. The van der Waals surface area contributed by atoms with Crippen molar-refractivity contribution < 1.29 is 5.11 Å². The maximum atomic E-state index is 9.91. The minimum absolute atomic E-state index is 0.452. The molecule has 2 nitrogen and oxygen atoms in total. The van der Waals surface area contributed by atoms with E-state index in [0.29, 0.717) is 6.04 Å². The first-order valence-electron chi connectivity index (χ1n) is 6.20. The smallest absolute Gasteiger partial charge is 0.0782 e. The molecule has 0 bridgehead atoms. The van der Waals surface area contributed by atoms with Crippen LogP contribution in [0.4, 0.5) is 5.69 Å². The number of hydrogen-bond donors (Lipinski definition) is 1. The van der Waals surface area contributed by atoms with Gasteiger partial charge in [0.2, 0.25) is 0 Å². The van der Waals surface area contributed by atoms with Crippen LogP contribution in [0.15, 0.2) is 22.7 Å². The van der Waals surface area contributed by atoms with E-state index in [1.807, 2.05) is 30.8 Å². The van der Waals surface area contributed by atoms with E-state index in [4.69, 9.17) is 0 Å². The average molecular weight is 332 g/mol. The summed E-state index contributed by atoms with van der Waals surface area (Å²) in [7, 11) is 2.11.